The van der Waals surface area contributed by atoms with E-state index in [1.54, 1.807) is 30.3 Å². The molecule has 0 aliphatic heterocycles. The van der Waals surface area contributed by atoms with Crippen molar-refractivity contribution in [2.45, 2.75) is 64.2 Å². The third kappa shape index (κ3) is 11.7. The summed E-state index contributed by atoms with van der Waals surface area (Å²) in [6.45, 7) is 3.81. The van der Waals surface area contributed by atoms with Crippen molar-refractivity contribution in [3.05, 3.63) is 35.9 Å². The maximum Gasteiger partial charge on any atom is 0.329 e. The molecule has 37 heavy (non-hydrogen) atoms. The molecule has 1 aromatic rings. The first-order chi connectivity index (χ1) is 17.4. The molecule has 0 aromatic heterocycles. The molecule has 0 spiro atoms. The minimum atomic E-state index is -1.23. The molecule has 0 heterocycles. The molecule has 4 atom stereocenters. The van der Waals surface area contributed by atoms with Crippen molar-refractivity contribution < 1.29 is 38.6 Å². The maximum absolute atomic E-state index is 12.7. The number of carbonyl (C=O) groups is 6. The molecule has 5 N–H and O–H groups in total. The first-order valence-corrected chi connectivity index (χ1v) is 11.4. The van der Waals surface area contributed by atoms with Crippen molar-refractivity contribution in [3.63, 3.8) is 0 Å². The van der Waals surface area contributed by atoms with Crippen molar-refractivity contribution in [1.82, 2.24) is 21.3 Å². The minimum Gasteiger partial charge on any atom is -0.480 e. The monoisotopic (exact) mass is 516 g/mol. The summed E-state index contributed by atoms with van der Waals surface area (Å²) in [6.07, 6.45) is -0.186. The van der Waals surface area contributed by atoms with Crippen molar-refractivity contribution in [3.8, 4) is 11.8 Å². The van der Waals surface area contributed by atoms with Gasteiger partial charge in [0, 0.05) is 33.1 Å². The minimum absolute atomic E-state index is 0.0533. The molecule has 12 heteroatoms. The third-order valence-corrected chi connectivity index (χ3v) is 4.94. The van der Waals surface area contributed by atoms with Gasteiger partial charge in [0.2, 0.25) is 23.6 Å². The lowest BCUT2D eigenvalue weighted by Crippen LogP contribution is -2.54. The van der Waals surface area contributed by atoms with Crippen LogP contribution in [0.25, 0.3) is 0 Å². The number of hydrogen-bond donors (Lipinski definition) is 5. The predicted molar refractivity (Wildman–Crippen MR) is 132 cm³/mol. The number of hydrogen-bond acceptors (Lipinski definition) is 7. The molecular weight excluding hydrogens is 484 g/mol. The lowest BCUT2D eigenvalue weighted by atomic mass is 10.1. The van der Waals surface area contributed by atoms with Crippen LogP contribution in [-0.4, -0.2) is 72.0 Å². The number of carbonyl (C=O) groups excluding carboxylic acids is 5. The normalized spacial score (nSPS) is 13.3. The van der Waals surface area contributed by atoms with Gasteiger partial charge in [0.25, 0.3) is 0 Å². The fourth-order valence-corrected chi connectivity index (χ4v) is 3.11. The van der Waals surface area contributed by atoms with E-state index in [1.807, 2.05) is 0 Å². The molecule has 1 aromatic carbocycles. The summed E-state index contributed by atoms with van der Waals surface area (Å²) in [7, 11) is 1.17. The smallest absolute Gasteiger partial charge is 0.329 e. The summed E-state index contributed by atoms with van der Waals surface area (Å²) in [6, 6.07) is 4.30. The van der Waals surface area contributed by atoms with E-state index in [0.29, 0.717) is 5.56 Å². The second-order valence-corrected chi connectivity index (χ2v) is 8.11. The zero-order valence-corrected chi connectivity index (χ0v) is 21.1. The van der Waals surface area contributed by atoms with Gasteiger partial charge in [0.15, 0.2) is 0 Å². The van der Waals surface area contributed by atoms with Gasteiger partial charge < -0.3 is 31.1 Å². The molecule has 0 aliphatic rings. The Morgan fingerprint density at radius 1 is 0.811 bits per heavy atom. The first-order valence-electron chi connectivity index (χ1n) is 11.4. The highest BCUT2D eigenvalue weighted by Gasteiger charge is 2.27. The summed E-state index contributed by atoms with van der Waals surface area (Å²) < 4.78 is 4.61. The molecule has 1 rings (SSSR count). The summed E-state index contributed by atoms with van der Waals surface area (Å²) in [5.41, 5.74) is 0.712. The van der Waals surface area contributed by atoms with Gasteiger partial charge in [-0.25, -0.2) is 9.59 Å². The van der Waals surface area contributed by atoms with Crippen LogP contribution in [0.15, 0.2) is 30.3 Å². The second-order valence-electron chi connectivity index (χ2n) is 8.11. The van der Waals surface area contributed by atoms with E-state index in [-0.39, 0.29) is 19.3 Å². The highest BCUT2D eigenvalue weighted by atomic mass is 16.5. The zero-order valence-electron chi connectivity index (χ0n) is 21.1. The Bertz CT molecular complexity index is 1050. The van der Waals surface area contributed by atoms with Crippen molar-refractivity contribution >= 4 is 35.6 Å². The molecule has 0 fully saturated rings. The number of esters is 1. The summed E-state index contributed by atoms with van der Waals surface area (Å²) in [5.74, 6) is 1.01. The Labute approximate surface area is 214 Å². The molecule has 4 amide bonds. The predicted octanol–water partition coefficient (Wildman–Crippen LogP) is -0.731. The largest absolute Gasteiger partial charge is 0.480 e. The lowest BCUT2D eigenvalue weighted by Gasteiger charge is -2.21. The molecule has 0 bridgehead atoms. The molecule has 0 saturated carbocycles. The summed E-state index contributed by atoms with van der Waals surface area (Å²) in [5, 5.41) is 19.1. The van der Waals surface area contributed by atoms with E-state index < -0.39 is 59.7 Å². The molecule has 4 unspecified atom stereocenters. The van der Waals surface area contributed by atoms with Gasteiger partial charge in [-0.05, 0) is 12.5 Å². The number of amides is 4. The molecule has 12 nitrogen and oxygen atoms in total. The van der Waals surface area contributed by atoms with Crippen molar-refractivity contribution in [2.24, 2.45) is 0 Å². The summed E-state index contributed by atoms with van der Waals surface area (Å²) in [4.78, 5) is 71.4. The number of benzene rings is 1. The van der Waals surface area contributed by atoms with Gasteiger partial charge in [0.05, 0.1) is 7.11 Å². The van der Waals surface area contributed by atoms with Gasteiger partial charge in [-0.2, -0.15) is 0 Å². The maximum atomic E-state index is 12.7. The van der Waals surface area contributed by atoms with Crippen LogP contribution in [0.2, 0.25) is 0 Å². The van der Waals surface area contributed by atoms with E-state index in [9.17, 15) is 33.9 Å². The second kappa shape index (κ2) is 15.6. The van der Waals surface area contributed by atoms with E-state index in [2.05, 4.69) is 37.8 Å². The molecule has 0 radical (unpaired) electrons. The van der Waals surface area contributed by atoms with Crippen LogP contribution in [0, 0.1) is 11.8 Å². The molecule has 0 aliphatic carbocycles. The highest BCUT2D eigenvalue weighted by molar-refractivity contribution is 5.93. The quantitative estimate of drug-likeness (QED) is 0.178. The highest BCUT2D eigenvalue weighted by Crippen LogP contribution is 2.04. The van der Waals surface area contributed by atoms with Gasteiger partial charge in [-0.15, -0.1) is 11.8 Å². The lowest BCUT2D eigenvalue weighted by molar-refractivity contribution is -0.144. The van der Waals surface area contributed by atoms with Gasteiger partial charge in [-0.1, -0.05) is 30.3 Å². The van der Waals surface area contributed by atoms with Crippen LogP contribution >= 0.6 is 0 Å². The number of carboxylic acids is 1. The Balaban J connectivity index is 2.79. The number of methoxy groups -OCH3 is 1. The Hall–Kier alpha value is -4.40. The zero-order chi connectivity index (χ0) is 28.0. The third-order valence-electron chi connectivity index (χ3n) is 4.94. The van der Waals surface area contributed by atoms with Crippen LogP contribution in [0.5, 0.6) is 0 Å². The fraction of sp³-hybridized carbons (Fsp3) is 0.440. The average Bonchev–Trinajstić information content (AvgIpc) is 2.84. The van der Waals surface area contributed by atoms with Crippen LogP contribution in [0.1, 0.15) is 39.2 Å². The number of nitrogens with one attached hydrogen (secondary N) is 4. The number of rotatable bonds is 12. The first kappa shape index (κ1) is 30.6. The Morgan fingerprint density at radius 2 is 1.35 bits per heavy atom. The standard InChI is InChI=1S/C25H32N4O8/c1-15(22(32)29-21(24(34)35)14-18-10-6-5-7-11-18)26-23(33)19(27-16(2)30)12-8-9-13-20(25(36)37-4)28-17(3)31/h5-7,10-11,15,19-21H,12-14H2,1-4H3,(H,26,33)(H,27,30)(H,28,31)(H,29,32)(H,34,35). The summed E-state index contributed by atoms with van der Waals surface area (Å²) >= 11 is 0. The van der Waals surface area contributed by atoms with Gasteiger partial charge >= 0.3 is 11.9 Å². The van der Waals surface area contributed by atoms with Gasteiger partial charge in [-0.3, -0.25) is 19.2 Å². The average molecular weight is 517 g/mol. The molecule has 0 saturated heterocycles. The van der Waals surface area contributed by atoms with E-state index >= 15 is 0 Å². The number of carboxylic acid groups (broad SMARTS) is 1. The fourth-order valence-electron chi connectivity index (χ4n) is 3.11. The Kier molecular flexibility index (Phi) is 12.9. The van der Waals surface area contributed by atoms with E-state index in [0.717, 1.165) is 0 Å². The van der Waals surface area contributed by atoms with Crippen LogP contribution in [0.3, 0.4) is 0 Å². The molecule has 200 valence electrons. The molecular formula is C25H32N4O8. The van der Waals surface area contributed by atoms with Crippen LogP contribution < -0.4 is 21.3 Å². The number of aliphatic carboxylic acids is 1. The van der Waals surface area contributed by atoms with Crippen LogP contribution in [0.4, 0.5) is 0 Å². The van der Waals surface area contributed by atoms with Crippen molar-refractivity contribution in [1.29, 1.82) is 0 Å². The van der Waals surface area contributed by atoms with Gasteiger partial charge in [0.1, 0.15) is 24.2 Å². The Morgan fingerprint density at radius 3 is 1.86 bits per heavy atom. The number of ether oxygens (including phenoxy) is 1. The SMILES string of the molecule is COC(=O)C(CC#CCC(NC(C)=O)C(=O)NC(C)C(=O)NC(Cc1ccccc1)C(=O)O)NC(C)=O. The van der Waals surface area contributed by atoms with E-state index in [1.165, 1.54) is 27.9 Å². The van der Waals surface area contributed by atoms with E-state index in [4.69, 9.17) is 0 Å². The van der Waals surface area contributed by atoms with Crippen LogP contribution in [-0.2, 0) is 39.9 Å². The van der Waals surface area contributed by atoms with Crippen molar-refractivity contribution in [2.75, 3.05) is 7.11 Å². The topological polar surface area (TPSA) is 180 Å².